The van der Waals surface area contributed by atoms with Crippen LogP contribution in [0.5, 0.6) is 0 Å². The molecule has 1 aliphatic rings. The van der Waals surface area contributed by atoms with Crippen LogP contribution in [-0.2, 0) is 28.9 Å². The molecule has 7 unspecified atom stereocenters. The molecule has 6 N–H and O–H groups in total. The topological polar surface area (TPSA) is 192 Å². The number of hydrogen-bond acceptors (Lipinski definition) is 10. The van der Waals surface area contributed by atoms with E-state index in [2.05, 4.69) is 23.3 Å². The summed E-state index contributed by atoms with van der Waals surface area (Å²) in [4.78, 5) is 13.1. The van der Waals surface area contributed by atoms with E-state index >= 15 is 0 Å². The van der Waals surface area contributed by atoms with Crippen molar-refractivity contribution in [3.63, 3.8) is 0 Å². The quantitative estimate of drug-likeness (QED) is 0.0251. The van der Waals surface area contributed by atoms with Crippen molar-refractivity contribution in [2.75, 3.05) is 13.2 Å². The third-order valence-electron chi connectivity index (χ3n) is 13.9. The lowest BCUT2D eigenvalue weighted by Crippen LogP contribution is -2.61. The van der Waals surface area contributed by atoms with Gasteiger partial charge >= 0.3 is 10.4 Å². The third-order valence-corrected chi connectivity index (χ3v) is 14.4. The minimum Gasteiger partial charge on any atom is -0.394 e. The van der Waals surface area contributed by atoms with Gasteiger partial charge in [0.25, 0.3) is 0 Å². The number of unbranched alkanes of at least 4 members (excludes halogenated alkanes) is 38. The van der Waals surface area contributed by atoms with E-state index < -0.39 is 59.9 Å². The summed E-state index contributed by atoms with van der Waals surface area (Å²) in [5.74, 6) is -0.222. The van der Waals surface area contributed by atoms with Crippen molar-refractivity contribution in [2.24, 2.45) is 0 Å². The van der Waals surface area contributed by atoms with Crippen LogP contribution in [-0.4, -0.2) is 95.4 Å². The van der Waals surface area contributed by atoms with Gasteiger partial charge < -0.3 is 35.2 Å². The Morgan fingerprint density at radius 2 is 0.866 bits per heavy atom. The van der Waals surface area contributed by atoms with Crippen LogP contribution >= 0.6 is 0 Å². The Hall–Kier alpha value is -0.900. The second-order valence-electron chi connectivity index (χ2n) is 20.2. The molecule has 0 aromatic heterocycles. The number of carbonyl (C=O) groups excluding carboxylic acids is 1. The number of aliphatic hydroxyl groups excluding tert-OH is 4. The Labute approximate surface area is 411 Å². The Kier molecular flexibility index (Phi) is 43.1. The lowest BCUT2D eigenvalue weighted by atomic mass is 9.99. The summed E-state index contributed by atoms with van der Waals surface area (Å²) in [6.07, 6.45) is 42.5. The van der Waals surface area contributed by atoms with E-state index in [-0.39, 0.29) is 12.5 Å². The molecule has 13 heteroatoms. The SMILES string of the molecule is CCCCCCCCCCCCCCCCCCCCCCCCCCC(=O)NC(COC1OC(CO)C(O)C(OS(=O)(=O)O)C1O)C(O)CCCCCCCCCCCCCCCCCC. The zero-order valence-electron chi connectivity index (χ0n) is 43.2. The van der Waals surface area contributed by atoms with Crippen molar-refractivity contribution >= 4 is 16.3 Å². The zero-order chi connectivity index (χ0) is 49.1. The molecule has 0 radical (unpaired) electrons. The number of rotatable bonds is 50. The van der Waals surface area contributed by atoms with Gasteiger partial charge in [-0.2, -0.15) is 8.42 Å². The summed E-state index contributed by atoms with van der Waals surface area (Å²) in [7, 11) is -5.08. The molecule has 1 fully saturated rings. The van der Waals surface area contributed by atoms with E-state index in [1.165, 1.54) is 205 Å². The minimum absolute atomic E-state index is 0.222. The lowest BCUT2D eigenvalue weighted by molar-refractivity contribution is -0.298. The van der Waals surface area contributed by atoms with Gasteiger partial charge in [0.05, 0.1) is 25.4 Å². The van der Waals surface area contributed by atoms with Crippen molar-refractivity contribution in [2.45, 2.75) is 326 Å². The number of carbonyl (C=O) groups is 1. The Morgan fingerprint density at radius 1 is 0.537 bits per heavy atom. The molecule has 12 nitrogen and oxygen atoms in total. The van der Waals surface area contributed by atoms with Crippen molar-refractivity contribution in [3.05, 3.63) is 0 Å². The van der Waals surface area contributed by atoms with Gasteiger partial charge in [-0.25, -0.2) is 4.18 Å². The first-order valence-electron chi connectivity index (χ1n) is 28.4. The summed E-state index contributed by atoms with van der Waals surface area (Å²) in [5, 5.41) is 45.1. The molecule has 0 aromatic rings. The van der Waals surface area contributed by atoms with Gasteiger partial charge in [-0.05, 0) is 12.8 Å². The maximum Gasteiger partial charge on any atom is 0.397 e. The second kappa shape index (κ2) is 45.0. The smallest absolute Gasteiger partial charge is 0.394 e. The van der Waals surface area contributed by atoms with E-state index in [0.29, 0.717) is 12.8 Å². The van der Waals surface area contributed by atoms with Crippen LogP contribution in [0.3, 0.4) is 0 Å². The number of ether oxygens (including phenoxy) is 2. The fraction of sp³-hybridized carbons (Fsp3) is 0.981. The first-order chi connectivity index (χ1) is 32.5. The van der Waals surface area contributed by atoms with Crippen molar-refractivity contribution in [1.29, 1.82) is 0 Å². The molecule has 1 heterocycles. The third kappa shape index (κ3) is 37.5. The van der Waals surface area contributed by atoms with Crippen LogP contribution in [0.2, 0.25) is 0 Å². The first kappa shape index (κ1) is 64.1. The molecule has 1 aliphatic heterocycles. The fourth-order valence-electron chi connectivity index (χ4n) is 9.52. The van der Waals surface area contributed by atoms with Crippen LogP contribution in [0.15, 0.2) is 0 Å². The summed E-state index contributed by atoms with van der Waals surface area (Å²) < 4.78 is 47.9. The predicted octanol–water partition coefficient (Wildman–Crippen LogP) is 12.9. The van der Waals surface area contributed by atoms with Crippen LogP contribution < -0.4 is 5.32 Å². The van der Waals surface area contributed by atoms with Crippen LogP contribution in [0.25, 0.3) is 0 Å². The lowest BCUT2D eigenvalue weighted by Gasteiger charge is -2.41. The number of hydrogen-bond donors (Lipinski definition) is 6. The normalized spacial score (nSPS) is 19.8. The molecule has 0 spiro atoms. The Balaban J connectivity index is 2.33. The van der Waals surface area contributed by atoms with E-state index in [1.54, 1.807) is 0 Å². The first-order valence-corrected chi connectivity index (χ1v) is 29.8. The largest absolute Gasteiger partial charge is 0.397 e. The maximum absolute atomic E-state index is 13.1. The number of aliphatic hydroxyl groups is 4. The van der Waals surface area contributed by atoms with Gasteiger partial charge in [-0.1, -0.05) is 264 Å². The van der Waals surface area contributed by atoms with Gasteiger partial charge in [0.15, 0.2) is 6.29 Å². The van der Waals surface area contributed by atoms with Crippen molar-refractivity contribution < 1.29 is 51.8 Å². The highest BCUT2D eigenvalue weighted by Gasteiger charge is 2.48. The average Bonchev–Trinajstić information content (AvgIpc) is 3.30. The maximum atomic E-state index is 13.1. The van der Waals surface area contributed by atoms with Crippen LogP contribution in [0.1, 0.15) is 284 Å². The molecule has 7 atom stereocenters. The molecule has 1 saturated heterocycles. The van der Waals surface area contributed by atoms with Gasteiger partial charge in [0.1, 0.15) is 24.4 Å². The monoisotopic (exact) mass is 978 g/mol. The number of amides is 1. The summed E-state index contributed by atoms with van der Waals surface area (Å²) in [6, 6.07) is -0.852. The van der Waals surface area contributed by atoms with E-state index in [4.69, 9.17) is 9.47 Å². The molecule has 1 rings (SSSR count). The average molecular weight is 979 g/mol. The van der Waals surface area contributed by atoms with Gasteiger partial charge in [-0.15, -0.1) is 0 Å². The van der Waals surface area contributed by atoms with Crippen LogP contribution in [0.4, 0.5) is 0 Å². The Bertz CT molecular complexity index is 1200. The van der Waals surface area contributed by atoms with E-state index in [9.17, 15) is 38.2 Å². The molecule has 67 heavy (non-hydrogen) atoms. The molecular weight excluding hydrogens is 871 g/mol. The van der Waals surface area contributed by atoms with Crippen molar-refractivity contribution in [1.82, 2.24) is 5.32 Å². The van der Waals surface area contributed by atoms with Crippen LogP contribution in [0, 0.1) is 0 Å². The second-order valence-corrected chi connectivity index (χ2v) is 21.3. The van der Waals surface area contributed by atoms with E-state index in [1.807, 2.05) is 0 Å². The molecule has 0 aliphatic carbocycles. The molecule has 0 saturated carbocycles. The molecular formula is C54H107NO11S. The fourth-order valence-corrected chi connectivity index (χ4v) is 10.0. The van der Waals surface area contributed by atoms with Gasteiger partial charge in [0, 0.05) is 6.42 Å². The van der Waals surface area contributed by atoms with Gasteiger partial charge in [-0.3, -0.25) is 9.35 Å². The van der Waals surface area contributed by atoms with Gasteiger partial charge in [0.2, 0.25) is 5.91 Å². The minimum atomic E-state index is -5.08. The highest BCUT2D eigenvalue weighted by molar-refractivity contribution is 7.80. The highest BCUT2D eigenvalue weighted by atomic mass is 32.3. The molecule has 1 amide bonds. The van der Waals surface area contributed by atoms with E-state index in [0.717, 1.165) is 51.4 Å². The summed E-state index contributed by atoms with van der Waals surface area (Å²) >= 11 is 0. The standard InChI is InChI=1S/C54H107NO11S/c1-3-5-7-9-11-13-15-17-19-21-22-23-24-25-26-27-28-30-32-34-36-38-40-42-44-50(58)55-47(46-64-54-52(60)53(66-67(61,62)63)51(59)49(45-56)65-54)48(57)43-41-39-37-35-33-31-29-20-18-16-14-12-10-8-6-4-2/h47-49,51-54,56-57,59-60H,3-46H2,1-2H3,(H,55,58)(H,61,62,63). The number of nitrogens with one attached hydrogen (secondary N) is 1. The predicted molar refractivity (Wildman–Crippen MR) is 273 cm³/mol. The zero-order valence-corrected chi connectivity index (χ0v) is 44.1. The molecule has 400 valence electrons. The summed E-state index contributed by atoms with van der Waals surface area (Å²) in [5.41, 5.74) is 0. The Morgan fingerprint density at radius 3 is 1.19 bits per heavy atom. The highest BCUT2D eigenvalue weighted by Crippen LogP contribution is 2.26. The molecule has 0 aromatic carbocycles. The summed E-state index contributed by atoms with van der Waals surface area (Å²) in [6.45, 7) is 3.50. The van der Waals surface area contributed by atoms with Crippen molar-refractivity contribution in [3.8, 4) is 0 Å². The molecule has 0 bridgehead atoms.